The Bertz CT molecular complexity index is 1920. The van der Waals surface area contributed by atoms with Gasteiger partial charge in [-0.3, -0.25) is 4.79 Å². The van der Waals surface area contributed by atoms with E-state index in [4.69, 9.17) is 26.2 Å². The average molecular weight is 608 g/mol. The molecule has 0 unspecified atom stereocenters. The molecule has 0 aliphatic carbocycles. The summed E-state index contributed by atoms with van der Waals surface area (Å²) in [6, 6.07) is 20.1. The number of aromatic nitrogens is 2. The molecule has 1 heterocycles. The number of nitrogens with zero attached hydrogens (tertiary/aromatic N) is 3. The van der Waals surface area contributed by atoms with E-state index >= 15 is 0 Å². The third kappa shape index (κ3) is 6.36. The number of para-hydroxylation sites is 1. The third-order valence-electron chi connectivity index (χ3n) is 6.36. The molecule has 0 bridgehead atoms. The summed E-state index contributed by atoms with van der Waals surface area (Å²) >= 11 is 6.49. The van der Waals surface area contributed by atoms with E-state index in [1.54, 1.807) is 42.5 Å². The SMILES string of the molecule is COc1cc(C=Nn2c(-c3cccc(C(F)(F)F)c3)nc3ccccc3c2=O)cc(Cl)c1OCc1ccc(C(=O)O)cc1. The standard InChI is InChI=1S/C31H21ClF3N3O5/c1-42-26-14-19(13-24(32)27(26)43-17-18-9-11-20(12-10-18)30(40)41)16-36-38-28(21-5-4-6-22(15-21)31(33,34)35)37-25-8-3-2-7-23(25)29(38)39/h2-16H,17H2,1H3,(H,40,41). The van der Waals surface area contributed by atoms with Crippen molar-refractivity contribution in [1.82, 2.24) is 9.66 Å². The van der Waals surface area contributed by atoms with Crippen molar-refractivity contribution < 1.29 is 32.5 Å². The van der Waals surface area contributed by atoms with Gasteiger partial charge in [0.2, 0.25) is 0 Å². The largest absolute Gasteiger partial charge is 0.493 e. The molecule has 0 saturated heterocycles. The number of carbonyl (C=O) groups is 1. The highest BCUT2D eigenvalue weighted by atomic mass is 35.5. The van der Waals surface area contributed by atoms with Gasteiger partial charge in [0.15, 0.2) is 17.3 Å². The Morgan fingerprint density at radius 3 is 2.49 bits per heavy atom. The molecule has 0 aliphatic heterocycles. The monoisotopic (exact) mass is 607 g/mol. The lowest BCUT2D eigenvalue weighted by Crippen LogP contribution is -2.20. The van der Waals surface area contributed by atoms with E-state index in [1.165, 1.54) is 43.7 Å². The summed E-state index contributed by atoms with van der Waals surface area (Å²) in [4.78, 5) is 29.0. The van der Waals surface area contributed by atoms with Gasteiger partial charge in [-0.25, -0.2) is 9.78 Å². The van der Waals surface area contributed by atoms with Crippen LogP contribution in [-0.4, -0.2) is 34.1 Å². The van der Waals surface area contributed by atoms with Crippen molar-refractivity contribution >= 4 is 34.7 Å². The minimum atomic E-state index is -4.60. The molecule has 8 nitrogen and oxygen atoms in total. The molecule has 1 aromatic heterocycles. The van der Waals surface area contributed by atoms with Crippen molar-refractivity contribution in [2.24, 2.45) is 5.10 Å². The molecule has 0 aliphatic rings. The second-order valence-corrected chi connectivity index (χ2v) is 9.62. The average Bonchev–Trinajstić information content (AvgIpc) is 2.99. The third-order valence-corrected chi connectivity index (χ3v) is 6.64. The summed E-state index contributed by atoms with van der Waals surface area (Å²) in [5.74, 6) is -0.660. The highest BCUT2D eigenvalue weighted by molar-refractivity contribution is 6.32. The zero-order chi connectivity index (χ0) is 30.7. The maximum atomic E-state index is 13.4. The van der Waals surface area contributed by atoms with Gasteiger partial charge in [-0.15, -0.1) is 0 Å². The molecule has 4 aromatic carbocycles. The molecule has 12 heteroatoms. The van der Waals surface area contributed by atoms with Crippen LogP contribution in [-0.2, 0) is 12.8 Å². The zero-order valence-corrected chi connectivity index (χ0v) is 23.1. The molecule has 0 spiro atoms. The lowest BCUT2D eigenvalue weighted by molar-refractivity contribution is -0.137. The fourth-order valence-corrected chi connectivity index (χ4v) is 4.50. The number of aromatic carboxylic acids is 1. The van der Waals surface area contributed by atoms with Gasteiger partial charge < -0.3 is 14.6 Å². The Morgan fingerprint density at radius 1 is 1.05 bits per heavy atom. The number of benzene rings is 4. The van der Waals surface area contributed by atoms with Gasteiger partial charge >= 0.3 is 12.1 Å². The van der Waals surface area contributed by atoms with E-state index in [-0.39, 0.29) is 45.5 Å². The zero-order valence-electron chi connectivity index (χ0n) is 22.3. The van der Waals surface area contributed by atoms with Crippen molar-refractivity contribution in [3.8, 4) is 22.9 Å². The van der Waals surface area contributed by atoms with Crippen LogP contribution in [0.15, 0.2) is 94.8 Å². The number of halogens is 4. The number of carboxylic acid groups (broad SMARTS) is 1. The first-order valence-electron chi connectivity index (χ1n) is 12.6. The van der Waals surface area contributed by atoms with Crippen LogP contribution in [0.25, 0.3) is 22.3 Å². The summed E-state index contributed by atoms with van der Waals surface area (Å²) in [6.45, 7) is 0.0713. The highest BCUT2D eigenvalue weighted by Crippen LogP contribution is 2.37. The van der Waals surface area contributed by atoms with E-state index in [0.29, 0.717) is 16.6 Å². The first kappa shape index (κ1) is 29.3. The van der Waals surface area contributed by atoms with Crippen LogP contribution in [0.5, 0.6) is 11.5 Å². The fraction of sp³-hybridized carbons (Fsp3) is 0.0968. The van der Waals surface area contributed by atoms with Crippen LogP contribution in [0.4, 0.5) is 13.2 Å². The summed E-state index contributed by atoms with van der Waals surface area (Å²) in [5, 5.41) is 13.7. The Balaban J connectivity index is 1.51. The topological polar surface area (TPSA) is 103 Å². The molecule has 0 amide bonds. The van der Waals surface area contributed by atoms with Gasteiger partial charge in [-0.2, -0.15) is 22.9 Å². The molecule has 218 valence electrons. The lowest BCUT2D eigenvalue weighted by atomic mass is 10.1. The maximum absolute atomic E-state index is 13.4. The number of fused-ring (bicyclic) bond motifs is 1. The van der Waals surface area contributed by atoms with Crippen LogP contribution < -0.4 is 15.0 Å². The predicted molar refractivity (Wildman–Crippen MR) is 155 cm³/mol. The van der Waals surface area contributed by atoms with Crippen molar-refractivity contribution in [2.75, 3.05) is 7.11 Å². The smallest absolute Gasteiger partial charge is 0.416 e. The van der Waals surface area contributed by atoms with Gasteiger partial charge in [-0.05, 0) is 59.7 Å². The van der Waals surface area contributed by atoms with E-state index < -0.39 is 23.3 Å². The highest BCUT2D eigenvalue weighted by Gasteiger charge is 2.31. The van der Waals surface area contributed by atoms with Crippen LogP contribution in [0.3, 0.4) is 0 Å². The van der Waals surface area contributed by atoms with Gasteiger partial charge in [0, 0.05) is 5.56 Å². The molecule has 0 atom stereocenters. The van der Waals surface area contributed by atoms with Gasteiger partial charge in [-0.1, -0.05) is 48.0 Å². The minimum Gasteiger partial charge on any atom is -0.493 e. The summed E-state index contributed by atoms with van der Waals surface area (Å²) in [7, 11) is 1.41. The van der Waals surface area contributed by atoms with Gasteiger partial charge in [0.05, 0.1) is 40.4 Å². The van der Waals surface area contributed by atoms with Crippen molar-refractivity contribution in [3.63, 3.8) is 0 Å². The molecular weight excluding hydrogens is 587 g/mol. The minimum absolute atomic E-state index is 0.0468. The maximum Gasteiger partial charge on any atom is 0.416 e. The Morgan fingerprint density at radius 2 is 1.79 bits per heavy atom. The second kappa shape index (κ2) is 12.0. The molecule has 5 aromatic rings. The fourth-order valence-electron chi connectivity index (χ4n) is 4.23. The summed E-state index contributed by atoms with van der Waals surface area (Å²) in [5.41, 5.74) is 0.101. The number of ether oxygens (including phenoxy) is 2. The first-order valence-corrected chi connectivity index (χ1v) is 13.0. The molecule has 5 rings (SSSR count). The van der Waals surface area contributed by atoms with Crippen molar-refractivity contribution in [2.45, 2.75) is 12.8 Å². The Hall–Kier alpha value is -5.16. The normalized spacial score (nSPS) is 11.7. The first-order chi connectivity index (χ1) is 20.5. The molecular formula is C31H21ClF3N3O5. The van der Waals surface area contributed by atoms with Gasteiger partial charge in [0.25, 0.3) is 5.56 Å². The quantitative estimate of drug-likeness (QED) is 0.192. The second-order valence-electron chi connectivity index (χ2n) is 9.22. The van der Waals surface area contributed by atoms with Crippen LogP contribution in [0.1, 0.15) is 27.0 Å². The van der Waals surface area contributed by atoms with Crippen LogP contribution in [0, 0.1) is 0 Å². The summed E-state index contributed by atoms with van der Waals surface area (Å²) in [6.07, 6.45) is -3.29. The molecule has 1 N–H and O–H groups in total. The number of methoxy groups -OCH3 is 1. The number of hydrogen-bond donors (Lipinski definition) is 1. The van der Waals surface area contributed by atoms with Crippen LogP contribution >= 0.6 is 11.6 Å². The van der Waals surface area contributed by atoms with Crippen molar-refractivity contribution in [1.29, 1.82) is 0 Å². The lowest BCUT2D eigenvalue weighted by Gasteiger charge is -2.14. The van der Waals surface area contributed by atoms with E-state index in [9.17, 15) is 22.8 Å². The Kier molecular flexibility index (Phi) is 8.18. The molecule has 0 saturated carbocycles. The predicted octanol–water partition coefficient (Wildman–Crippen LogP) is 6.90. The Labute approximate surface area is 247 Å². The van der Waals surface area contributed by atoms with E-state index in [1.807, 2.05) is 0 Å². The summed E-state index contributed by atoms with van der Waals surface area (Å²) < 4.78 is 52.6. The molecule has 0 radical (unpaired) electrons. The number of carboxylic acids is 1. The number of rotatable bonds is 8. The van der Waals surface area contributed by atoms with Gasteiger partial charge in [0.1, 0.15) is 6.61 Å². The molecule has 0 fully saturated rings. The number of hydrogen-bond acceptors (Lipinski definition) is 6. The van der Waals surface area contributed by atoms with E-state index in [0.717, 1.165) is 16.8 Å². The molecule has 43 heavy (non-hydrogen) atoms. The van der Waals surface area contributed by atoms with Crippen LogP contribution in [0.2, 0.25) is 5.02 Å². The van der Waals surface area contributed by atoms with E-state index in [2.05, 4.69) is 10.1 Å². The van der Waals surface area contributed by atoms with Crippen molar-refractivity contribution in [3.05, 3.63) is 123 Å². The number of alkyl halides is 3.